The van der Waals surface area contributed by atoms with Gasteiger partial charge >= 0.3 is 0 Å². The first-order chi connectivity index (χ1) is 10.9. The summed E-state index contributed by atoms with van der Waals surface area (Å²) in [6.07, 6.45) is -2.66. The van der Waals surface area contributed by atoms with Crippen LogP contribution in [0.1, 0.15) is 33.6 Å². The monoisotopic (exact) mass is 328 g/mol. The highest BCUT2D eigenvalue weighted by atomic mass is 16.3. The quantitative estimate of drug-likeness (QED) is 0.279. The molecule has 2 amide bonds. The second-order valence-corrected chi connectivity index (χ2v) is 4.77. The fourth-order valence-electron chi connectivity index (χ4n) is 1.73. The average molecular weight is 328 g/mol. The van der Waals surface area contributed by atoms with Crippen LogP contribution >= 0.6 is 0 Å². The molecular weight excluding hydrogens is 308 g/mol. The van der Waals surface area contributed by atoms with Crippen LogP contribution in [0.2, 0.25) is 0 Å². The standard InChI is InChI=1S/C14H20N2O7/c17-3-1-11(20)15-13(22)8-5-9(7-10(19)6-8)14(23)16-12(21)2-4-18/h5-7,11-12,17-21H,1-4H2,(H,15,22)(H,16,23). The zero-order valence-electron chi connectivity index (χ0n) is 12.3. The van der Waals surface area contributed by atoms with Gasteiger partial charge in [0.15, 0.2) is 0 Å². The molecule has 0 aromatic heterocycles. The zero-order valence-corrected chi connectivity index (χ0v) is 12.3. The predicted octanol–water partition coefficient (Wildman–Crippen LogP) is -1.75. The number of rotatable bonds is 8. The second-order valence-electron chi connectivity index (χ2n) is 4.77. The lowest BCUT2D eigenvalue weighted by Crippen LogP contribution is -2.36. The third kappa shape index (κ3) is 6.20. The van der Waals surface area contributed by atoms with E-state index in [4.69, 9.17) is 10.2 Å². The first-order valence-corrected chi connectivity index (χ1v) is 6.91. The van der Waals surface area contributed by atoms with Gasteiger partial charge in [0.25, 0.3) is 11.8 Å². The molecule has 0 saturated carbocycles. The second kappa shape index (κ2) is 9.06. The molecule has 0 aliphatic rings. The molecule has 128 valence electrons. The SMILES string of the molecule is O=C(NC(O)CCO)c1cc(O)cc(C(=O)NC(O)CCO)c1. The minimum absolute atomic E-state index is 0.0642. The molecule has 0 aliphatic heterocycles. The Labute approximate surface area is 132 Å². The van der Waals surface area contributed by atoms with Gasteiger partial charge in [-0.1, -0.05) is 0 Å². The van der Waals surface area contributed by atoms with E-state index in [2.05, 4.69) is 10.6 Å². The molecule has 9 heteroatoms. The zero-order chi connectivity index (χ0) is 17.4. The smallest absolute Gasteiger partial charge is 0.253 e. The number of aliphatic hydroxyl groups is 4. The van der Waals surface area contributed by atoms with Gasteiger partial charge in [-0.2, -0.15) is 0 Å². The number of hydrogen-bond acceptors (Lipinski definition) is 7. The van der Waals surface area contributed by atoms with Crippen molar-refractivity contribution in [3.63, 3.8) is 0 Å². The molecule has 1 rings (SSSR count). The van der Waals surface area contributed by atoms with Crippen molar-refractivity contribution in [1.82, 2.24) is 10.6 Å². The minimum Gasteiger partial charge on any atom is -0.508 e. The van der Waals surface area contributed by atoms with Crippen LogP contribution in [0.4, 0.5) is 0 Å². The van der Waals surface area contributed by atoms with Crippen molar-refractivity contribution in [2.45, 2.75) is 25.3 Å². The van der Waals surface area contributed by atoms with Crippen LogP contribution in [0, 0.1) is 0 Å². The van der Waals surface area contributed by atoms with Gasteiger partial charge in [-0.05, 0) is 18.2 Å². The number of benzene rings is 1. The Morgan fingerprint density at radius 2 is 1.26 bits per heavy atom. The van der Waals surface area contributed by atoms with Crippen molar-refractivity contribution >= 4 is 11.8 Å². The van der Waals surface area contributed by atoms with Crippen LogP contribution in [0.3, 0.4) is 0 Å². The number of carbonyl (C=O) groups is 2. The number of aromatic hydroxyl groups is 1. The van der Waals surface area contributed by atoms with E-state index in [1.54, 1.807) is 0 Å². The highest BCUT2D eigenvalue weighted by molar-refractivity contribution is 6.00. The Balaban J connectivity index is 2.86. The lowest BCUT2D eigenvalue weighted by atomic mass is 10.1. The number of phenolic OH excluding ortho intramolecular Hbond substituents is 1. The van der Waals surface area contributed by atoms with Gasteiger partial charge < -0.3 is 36.2 Å². The number of nitrogens with one attached hydrogen (secondary N) is 2. The molecule has 0 radical (unpaired) electrons. The Morgan fingerprint density at radius 3 is 1.61 bits per heavy atom. The van der Waals surface area contributed by atoms with Gasteiger partial charge in [0.05, 0.1) is 0 Å². The summed E-state index contributed by atoms with van der Waals surface area (Å²) in [5, 5.41) is 50.1. The van der Waals surface area contributed by atoms with E-state index in [-0.39, 0.29) is 42.9 Å². The highest BCUT2D eigenvalue weighted by Crippen LogP contribution is 2.16. The average Bonchev–Trinajstić information content (AvgIpc) is 2.46. The lowest BCUT2D eigenvalue weighted by Gasteiger charge is -2.14. The molecule has 23 heavy (non-hydrogen) atoms. The predicted molar refractivity (Wildman–Crippen MR) is 78.5 cm³/mol. The van der Waals surface area contributed by atoms with E-state index in [9.17, 15) is 24.9 Å². The Hall–Kier alpha value is -2.20. The summed E-state index contributed by atoms with van der Waals surface area (Å²) in [6, 6.07) is 3.37. The van der Waals surface area contributed by atoms with Crippen molar-refractivity contribution in [3.8, 4) is 5.75 Å². The molecule has 1 aromatic carbocycles. The fraction of sp³-hybridized carbons (Fsp3) is 0.429. The molecule has 0 heterocycles. The van der Waals surface area contributed by atoms with Gasteiger partial charge in [-0.3, -0.25) is 9.59 Å². The van der Waals surface area contributed by atoms with Crippen LogP contribution in [0.25, 0.3) is 0 Å². The van der Waals surface area contributed by atoms with Crippen molar-refractivity contribution in [2.75, 3.05) is 13.2 Å². The van der Waals surface area contributed by atoms with Gasteiger partial charge in [-0.25, -0.2) is 0 Å². The van der Waals surface area contributed by atoms with Crippen molar-refractivity contribution in [2.24, 2.45) is 0 Å². The summed E-state index contributed by atoms with van der Waals surface area (Å²) in [5.74, 6) is -1.84. The maximum Gasteiger partial charge on any atom is 0.253 e. The molecule has 9 nitrogen and oxygen atoms in total. The van der Waals surface area contributed by atoms with E-state index in [0.29, 0.717) is 0 Å². The maximum atomic E-state index is 11.9. The van der Waals surface area contributed by atoms with E-state index in [1.165, 1.54) is 6.07 Å². The first-order valence-electron chi connectivity index (χ1n) is 6.91. The summed E-state index contributed by atoms with van der Waals surface area (Å²) in [4.78, 5) is 23.8. The summed E-state index contributed by atoms with van der Waals surface area (Å²) in [7, 11) is 0. The molecule has 7 N–H and O–H groups in total. The number of aliphatic hydroxyl groups excluding tert-OH is 4. The van der Waals surface area contributed by atoms with E-state index < -0.39 is 24.3 Å². The van der Waals surface area contributed by atoms with Gasteiger partial charge in [-0.15, -0.1) is 0 Å². The Bertz CT molecular complexity index is 506. The maximum absolute atomic E-state index is 11.9. The third-order valence-corrected chi connectivity index (χ3v) is 2.84. The molecule has 2 atom stereocenters. The van der Waals surface area contributed by atoms with Gasteiger partial charge in [0.2, 0.25) is 0 Å². The Morgan fingerprint density at radius 1 is 0.870 bits per heavy atom. The van der Waals surface area contributed by atoms with E-state index >= 15 is 0 Å². The Kier molecular flexibility index (Phi) is 7.42. The molecule has 0 aliphatic carbocycles. The van der Waals surface area contributed by atoms with Crippen LogP contribution in [-0.4, -0.2) is 63.0 Å². The molecule has 2 unspecified atom stereocenters. The van der Waals surface area contributed by atoms with E-state index in [1.807, 2.05) is 0 Å². The highest BCUT2D eigenvalue weighted by Gasteiger charge is 2.16. The van der Waals surface area contributed by atoms with Crippen molar-refractivity contribution in [1.29, 1.82) is 0 Å². The number of phenols is 1. The topological polar surface area (TPSA) is 159 Å². The molecule has 0 spiro atoms. The summed E-state index contributed by atoms with van der Waals surface area (Å²) in [6.45, 7) is -0.643. The van der Waals surface area contributed by atoms with Crippen LogP contribution in [0.15, 0.2) is 18.2 Å². The minimum atomic E-state index is -1.27. The largest absolute Gasteiger partial charge is 0.508 e. The summed E-state index contributed by atoms with van der Waals surface area (Å²) >= 11 is 0. The van der Waals surface area contributed by atoms with Crippen LogP contribution in [-0.2, 0) is 0 Å². The fourth-order valence-corrected chi connectivity index (χ4v) is 1.73. The summed E-state index contributed by atoms with van der Waals surface area (Å²) < 4.78 is 0. The third-order valence-electron chi connectivity index (χ3n) is 2.84. The molecule has 1 aromatic rings. The molecule has 0 saturated heterocycles. The summed E-state index contributed by atoms with van der Waals surface area (Å²) in [5.41, 5.74) is -0.160. The molecule has 0 bridgehead atoms. The van der Waals surface area contributed by atoms with Crippen LogP contribution < -0.4 is 10.6 Å². The van der Waals surface area contributed by atoms with E-state index in [0.717, 1.165) is 12.1 Å². The molecule has 0 fully saturated rings. The number of amides is 2. The first kappa shape index (κ1) is 18.8. The van der Waals surface area contributed by atoms with Crippen molar-refractivity contribution < 1.29 is 35.1 Å². The number of hydrogen-bond donors (Lipinski definition) is 7. The van der Waals surface area contributed by atoms with Gasteiger partial charge in [0.1, 0.15) is 18.2 Å². The van der Waals surface area contributed by atoms with Gasteiger partial charge in [0, 0.05) is 37.2 Å². The number of carbonyl (C=O) groups excluding carboxylic acids is 2. The molecular formula is C14H20N2O7. The normalized spacial score (nSPS) is 13.2. The van der Waals surface area contributed by atoms with Crippen LogP contribution in [0.5, 0.6) is 5.75 Å². The van der Waals surface area contributed by atoms with Crippen molar-refractivity contribution in [3.05, 3.63) is 29.3 Å². The lowest BCUT2D eigenvalue weighted by molar-refractivity contribution is 0.0702.